The van der Waals surface area contributed by atoms with Crippen LogP contribution in [0.4, 0.5) is 0 Å². The highest BCUT2D eigenvalue weighted by molar-refractivity contribution is 7.17. The van der Waals surface area contributed by atoms with E-state index in [1.54, 1.807) is 0 Å². The molecule has 4 heterocycles. The molecule has 0 radical (unpaired) electrons. The van der Waals surface area contributed by atoms with Crippen molar-refractivity contribution in [3.63, 3.8) is 0 Å². The number of fused-ring (bicyclic) bond motifs is 3. The van der Waals surface area contributed by atoms with Crippen molar-refractivity contribution in [2.24, 2.45) is 0 Å². The summed E-state index contributed by atoms with van der Waals surface area (Å²) in [5.41, 5.74) is 0.746. The molecule has 0 saturated carbocycles. The third-order valence-corrected chi connectivity index (χ3v) is 4.90. The molecule has 0 aromatic carbocycles. The van der Waals surface area contributed by atoms with Crippen molar-refractivity contribution in [3.05, 3.63) is 27.6 Å². The first kappa shape index (κ1) is 11.6. The lowest BCUT2D eigenvalue weighted by atomic mass is 9.95. The lowest BCUT2D eigenvalue weighted by Crippen LogP contribution is -2.37. The highest BCUT2D eigenvalue weighted by Crippen LogP contribution is 2.34. The van der Waals surface area contributed by atoms with Crippen molar-refractivity contribution in [1.29, 1.82) is 0 Å². The molecule has 0 spiro atoms. The molecule has 2 saturated heterocycles. The Morgan fingerprint density at radius 1 is 1.53 bits per heavy atom. The Kier molecular flexibility index (Phi) is 2.68. The van der Waals surface area contributed by atoms with Gasteiger partial charge in [-0.3, -0.25) is 4.79 Å². The molecule has 19 heavy (non-hydrogen) atoms. The van der Waals surface area contributed by atoms with Gasteiger partial charge in [0.05, 0.1) is 24.3 Å². The Bertz CT molecular complexity index is 665. The van der Waals surface area contributed by atoms with Crippen molar-refractivity contribution < 1.29 is 4.74 Å². The van der Waals surface area contributed by atoms with E-state index in [4.69, 9.17) is 4.74 Å². The van der Waals surface area contributed by atoms with E-state index in [1.165, 1.54) is 17.8 Å². The van der Waals surface area contributed by atoms with Crippen LogP contribution in [0.5, 0.6) is 0 Å². The van der Waals surface area contributed by atoms with Gasteiger partial charge in [-0.05, 0) is 30.7 Å². The number of hydrogen-bond acceptors (Lipinski definition) is 5. The van der Waals surface area contributed by atoms with Gasteiger partial charge in [0, 0.05) is 6.04 Å². The fourth-order valence-corrected chi connectivity index (χ4v) is 3.81. The Labute approximate surface area is 114 Å². The van der Waals surface area contributed by atoms with Crippen LogP contribution in [0.1, 0.15) is 25.1 Å². The smallest absolute Gasteiger partial charge is 0.268 e. The Hall–Kier alpha value is -1.24. The van der Waals surface area contributed by atoms with Crippen LogP contribution in [0.15, 0.2) is 16.2 Å². The molecule has 2 fully saturated rings. The van der Waals surface area contributed by atoms with Crippen LogP contribution in [0.2, 0.25) is 0 Å². The monoisotopic (exact) mass is 277 g/mol. The lowest BCUT2D eigenvalue weighted by molar-refractivity contribution is 0.0972. The van der Waals surface area contributed by atoms with Gasteiger partial charge in [0.2, 0.25) is 0 Å². The zero-order valence-corrected chi connectivity index (χ0v) is 11.2. The number of aromatic amines is 1. The third-order valence-electron chi connectivity index (χ3n) is 4.00. The molecule has 3 atom stereocenters. The molecular formula is C13H15N3O2S. The molecule has 100 valence electrons. The molecule has 2 N–H and O–H groups in total. The molecule has 0 amide bonds. The van der Waals surface area contributed by atoms with E-state index in [0.29, 0.717) is 35.3 Å². The van der Waals surface area contributed by atoms with Crippen LogP contribution < -0.4 is 10.9 Å². The highest BCUT2D eigenvalue weighted by Gasteiger charge is 2.40. The van der Waals surface area contributed by atoms with Crippen molar-refractivity contribution in [2.45, 2.75) is 44.1 Å². The average molecular weight is 277 g/mol. The number of H-pyrrole nitrogens is 1. The summed E-state index contributed by atoms with van der Waals surface area (Å²) in [6.45, 7) is 0.596. The zero-order chi connectivity index (χ0) is 12.8. The summed E-state index contributed by atoms with van der Waals surface area (Å²) in [5, 5.41) is 5.36. The number of ether oxygens (including phenoxy) is 1. The maximum atomic E-state index is 11.8. The standard InChI is InChI=1S/C13H15N3O2S/c17-13-12-8(3-4-19-12)15-11(16-13)6-14-9-5-7-1-2-10(9)18-7/h3-4,7,9-10,14H,1-2,5-6H2,(H,15,16,17). The van der Waals surface area contributed by atoms with E-state index in [2.05, 4.69) is 15.3 Å². The first-order valence-electron chi connectivity index (χ1n) is 6.65. The van der Waals surface area contributed by atoms with Crippen molar-refractivity contribution in [2.75, 3.05) is 0 Å². The van der Waals surface area contributed by atoms with E-state index in [-0.39, 0.29) is 5.56 Å². The summed E-state index contributed by atoms with van der Waals surface area (Å²) in [6.07, 6.45) is 4.21. The van der Waals surface area contributed by atoms with Gasteiger partial charge in [-0.25, -0.2) is 4.98 Å². The third kappa shape index (κ3) is 2.00. The number of nitrogens with zero attached hydrogens (tertiary/aromatic N) is 1. The van der Waals surface area contributed by atoms with Gasteiger partial charge in [0.1, 0.15) is 10.5 Å². The first-order valence-corrected chi connectivity index (χ1v) is 7.53. The minimum atomic E-state index is -0.0407. The molecule has 0 aliphatic carbocycles. The van der Waals surface area contributed by atoms with Gasteiger partial charge in [0.15, 0.2) is 0 Å². The minimum Gasteiger partial charge on any atom is -0.373 e. The van der Waals surface area contributed by atoms with Gasteiger partial charge in [-0.1, -0.05) is 0 Å². The molecule has 2 aromatic heterocycles. The summed E-state index contributed by atoms with van der Waals surface area (Å²) in [5.74, 6) is 0.707. The van der Waals surface area contributed by atoms with Gasteiger partial charge in [-0.15, -0.1) is 11.3 Å². The second-order valence-electron chi connectivity index (χ2n) is 5.24. The summed E-state index contributed by atoms with van der Waals surface area (Å²) >= 11 is 1.43. The lowest BCUT2D eigenvalue weighted by Gasteiger charge is -2.19. The summed E-state index contributed by atoms with van der Waals surface area (Å²) in [4.78, 5) is 19.2. The van der Waals surface area contributed by atoms with Crippen molar-refractivity contribution in [3.8, 4) is 0 Å². The van der Waals surface area contributed by atoms with Gasteiger partial charge in [-0.2, -0.15) is 0 Å². The van der Waals surface area contributed by atoms with Crippen LogP contribution in [-0.4, -0.2) is 28.2 Å². The average Bonchev–Trinajstić information content (AvgIpc) is 3.11. The van der Waals surface area contributed by atoms with Gasteiger partial charge < -0.3 is 15.0 Å². The molecule has 2 bridgehead atoms. The van der Waals surface area contributed by atoms with Gasteiger partial charge >= 0.3 is 0 Å². The number of nitrogens with one attached hydrogen (secondary N) is 2. The van der Waals surface area contributed by atoms with E-state index < -0.39 is 0 Å². The van der Waals surface area contributed by atoms with Crippen molar-refractivity contribution in [1.82, 2.24) is 15.3 Å². The SMILES string of the molecule is O=c1[nH]c(CNC2CC3CCC2O3)nc2ccsc12. The largest absolute Gasteiger partial charge is 0.373 e. The second kappa shape index (κ2) is 4.40. The molecule has 5 nitrogen and oxygen atoms in total. The number of rotatable bonds is 3. The maximum Gasteiger partial charge on any atom is 0.268 e. The summed E-state index contributed by atoms with van der Waals surface area (Å²) in [6, 6.07) is 2.29. The number of hydrogen-bond donors (Lipinski definition) is 2. The number of aromatic nitrogens is 2. The van der Waals surface area contributed by atoms with Crippen LogP contribution in [0, 0.1) is 0 Å². The maximum absolute atomic E-state index is 11.8. The molecule has 2 aliphatic rings. The fourth-order valence-electron chi connectivity index (χ4n) is 3.09. The molecule has 3 unspecified atom stereocenters. The Balaban J connectivity index is 1.51. The topological polar surface area (TPSA) is 67.0 Å². The Morgan fingerprint density at radius 2 is 2.47 bits per heavy atom. The Morgan fingerprint density at radius 3 is 3.26 bits per heavy atom. The summed E-state index contributed by atoms with van der Waals surface area (Å²) < 4.78 is 6.50. The normalized spacial score (nSPS) is 29.4. The van der Waals surface area contributed by atoms with E-state index in [9.17, 15) is 4.79 Å². The van der Waals surface area contributed by atoms with Crippen molar-refractivity contribution >= 4 is 21.6 Å². The quantitative estimate of drug-likeness (QED) is 0.890. The second-order valence-corrected chi connectivity index (χ2v) is 6.16. The first-order chi connectivity index (χ1) is 9.29. The molecule has 2 aliphatic heterocycles. The van der Waals surface area contributed by atoms with Crippen LogP contribution >= 0.6 is 11.3 Å². The van der Waals surface area contributed by atoms with E-state index >= 15 is 0 Å². The number of thiophene rings is 1. The van der Waals surface area contributed by atoms with Crippen LogP contribution in [0.25, 0.3) is 10.2 Å². The summed E-state index contributed by atoms with van der Waals surface area (Å²) in [7, 11) is 0. The fraction of sp³-hybridized carbons (Fsp3) is 0.538. The minimum absolute atomic E-state index is 0.0407. The highest BCUT2D eigenvalue weighted by atomic mass is 32.1. The molecule has 4 rings (SSSR count). The van der Waals surface area contributed by atoms with E-state index in [1.807, 2.05) is 11.4 Å². The van der Waals surface area contributed by atoms with E-state index in [0.717, 1.165) is 18.4 Å². The molecule has 2 aromatic rings. The predicted molar refractivity (Wildman–Crippen MR) is 73.4 cm³/mol. The molecular weight excluding hydrogens is 262 g/mol. The predicted octanol–water partition coefficient (Wildman–Crippen LogP) is 1.39. The zero-order valence-electron chi connectivity index (χ0n) is 10.4. The molecule has 6 heteroatoms. The van der Waals surface area contributed by atoms with Gasteiger partial charge in [0.25, 0.3) is 5.56 Å². The van der Waals surface area contributed by atoms with Crippen LogP contribution in [0.3, 0.4) is 0 Å². The van der Waals surface area contributed by atoms with Crippen LogP contribution in [-0.2, 0) is 11.3 Å².